The summed E-state index contributed by atoms with van der Waals surface area (Å²) in [5.74, 6) is -2.53. The van der Waals surface area contributed by atoms with Gasteiger partial charge in [-0.15, -0.1) is 0 Å². The molecule has 7 N–H and O–H groups in total. The van der Waals surface area contributed by atoms with E-state index in [0.717, 1.165) is 26.5 Å². The number of aromatic nitrogens is 5. The number of nitrogens with zero attached hydrogens (tertiary/aromatic N) is 6. The molecule has 2 aliphatic heterocycles. The number of rotatable bonds is 22. The number of amides is 4. The lowest BCUT2D eigenvalue weighted by Crippen LogP contribution is -2.52. The van der Waals surface area contributed by atoms with Crippen LogP contribution in [-0.2, 0) is 30.3 Å². The van der Waals surface area contributed by atoms with Gasteiger partial charge in [0.25, 0.3) is 11.8 Å². The van der Waals surface area contributed by atoms with Crippen molar-refractivity contribution in [2.45, 2.75) is 38.5 Å². The second-order valence-corrected chi connectivity index (χ2v) is 14.8. The van der Waals surface area contributed by atoms with Gasteiger partial charge >= 0.3 is 18.0 Å². The van der Waals surface area contributed by atoms with E-state index in [1.54, 1.807) is 12.1 Å². The fourth-order valence-electron chi connectivity index (χ4n) is 7.17. The lowest BCUT2D eigenvalue weighted by molar-refractivity contribution is -0.136. The Morgan fingerprint density at radius 2 is 1.46 bits per heavy atom. The molecule has 67 heavy (non-hydrogen) atoms. The summed E-state index contributed by atoms with van der Waals surface area (Å²) in [6.07, 6.45) is 6.22. The van der Waals surface area contributed by atoms with Crippen LogP contribution >= 0.6 is 0 Å². The Kier molecular flexibility index (Phi) is 15.4. The van der Waals surface area contributed by atoms with E-state index < -0.39 is 35.8 Å². The van der Waals surface area contributed by atoms with Gasteiger partial charge < -0.3 is 50.7 Å². The summed E-state index contributed by atoms with van der Waals surface area (Å²) in [7, 11) is 0. The average molecular weight is 930 g/mol. The number of anilines is 4. The molecule has 352 valence electrons. The molecular weight excluding hydrogens is 885 g/mol. The molecule has 1 fully saturated rings. The molecule has 1 atom stereocenters. The predicted octanol–water partition coefficient (Wildman–Crippen LogP) is 1.88. The van der Waals surface area contributed by atoms with Gasteiger partial charge in [-0.1, -0.05) is 6.07 Å². The van der Waals surface area contributed by atoms with E-state index in [0.29, 0.717) is 38.3 Å². The van der Waals surface area contributed by atoms with Crippen LogP contribution in [0.2, 0.25) is 0 Å². The topological polar surface area (TPSA) is 288 Å². The van der Waals surface area contributed by atoms with Crippen molar-refractivity contribution in [3.8, 4) is 22.9 Å². The number of fused-ring (bicyclic) bond motifs is 1. The van der Waals surface area contributed by atoms with Gasteiger partial charge in [0.15, 0.2) is 11.5 Å². The number of nitrogens with two attached hydrogens (primary N) is 2. The van der Waals surface area contributed by atoms with Crippen molar-refractivity contribution in [2.24, 2.45) is 0 Å². The number of halogens is 2. The van der Waals surface area contributed by atoms with E-state index in [9.17, 15) is 37.5 Å². The van der Waals surface area contributed by atoms with Crippen molar-refractivity contribution < 1.29 is 51.6 Å². The molecule has 2 aliphatic rings. The quantitative estimate of drug-likeness (QED) is 0.0489. The van der Waals surface area contributed by atoms with Crippen LogP contribution < -0.4 is 48.3 Å². The molecule has 0 saturated carbocycles. The van der Waals surface area contributed by atoms with E-state index in [2.05, 4.69) is 35.6 Å². The van der Waals surface area contributed by atoms with Gasteiger partial charge in [0, 0.05) is 60.9 Å². The zero-order valence-corrected chi connectivity index (χ0v) is 35.7. The Morgan fingerprint density at radius 3 is 2.09 bits per heavy atom. The molecule has 24 heteroatoms. The second kappa shape index (κ2) is 21.9. The molecule has 5 aromatic rings. The normalized spacial score (nSPS) is 14.5. The van der Waals surface area contributed by atoms with Crippen molar-refractivity contribution in [3.63, 3.8) is 0 Å². The lowest BCUT2D eigenvalue weighted by Gasteiger charge is -2.29. The van der Waals surface area contributed by atoms with Crippen LogP contribution in [0.4, 0.5) is 31.8 Å². The number of imide groups is 1. The fourth-order valence-corrected chi connectivity index (χ4v) is 7.17. The maximum absolute atomic E-state index is 13.8. The van der Waals surface area contributed by atoms with Crippen molar-refractivity contribution in [3.05, 3.63) is 111 Å². The highest BCUT2D eigenvalue weighted by Gasteiger charge is 2.39. The van der Waals surface area contributed by atoms with E-state index in [1.165, 1.54) is 54.0 Å². The van der Waals surface area contributed by atoms with Crippen LogP contribution in [0.1, 0.15) is 45.5 Å². The van der Waals surface area contributed by atoms with Crippen LogP contribution in [0.15, 0.2) is 82.9 Å². The van der Waals surface area contributed by atoms with Gasteiger partial charge in [-0.25, -0.2) is 9.59 Å². The van der Waals surface area contributed by atoms with Crippen molar-refractivity contribution in [1.82, 2.24) is 34.3 Å². The van der Waals surface area contributed by atoms with Crippen LogP contribution in [0.3, 0.4) is 0 Å². The molecule has 0 radical (unpaired) electrons. The smallest absolute Gasteiger partial charge is 0.387 e. The van der Waals surface area contributed by atoms with Crippen molar-refractivity contribution in [2.75, 3.05) is 74.9 Å². The molecular formula is C43H45F2N11O11. The zero-order valence-electron chi connectivity index (χ0n) is 35.7. The van der Waals surface area contributed by atoms with Gasteiger partial charge in [0.05, 0.1) is 62.5 Å². The van der Waals surface area contributed by atoms with E-state index in [4.69, 9.17) is 30.4 Å². The molecule has 0 aliphatic carbocycles. The van der Waals surface area contributed by atoms with Gasteiger partial charge in [-0.05, 0) is 55.3 Å². The van der Waals surface area contributed by atoms with Crippen molar-refractivity contribution >= 4 is 46.6 Å². The first kappa shape index (κ1) is 47.1. The first-order valence-corrected chi connectivity index (χ1v) is 20.8. The van der Waals surface area contributed by atoms with Gasteiger partial charge in [0.2, 0.25) is 11.8 Å². The largest absolute Gasteiger partial charge is 0.487 e. The number of alkyl halides is 2. The number of piperidine rings is 1. The number of hydrogen-bond acceptors (Lipinski definition) is 17. The monoisotopic (exact) mass is 929 g/mol. The van der Waals surface area contributed by atoms with Crippen LogP contribution in [0, 0.1) is 0 Å². The zero-order chi connectivity index (χ0) is 47.5. The Morgan fingerprint density at radius 1 is 0.821 bits per heavy atom. The van der Waals surface area contributed by atoms with Crippen LogP contribution in [0.25, 0.3) is 11.4 Å². The molecule has 5 heterocycles. The second-order valence-electron chi connectivity index (χ2n) is 14.8. The molecule has 22 nitrogen and oxygen atoms in total. The summed E-state index contributed by atoms with van der Waals surface area (Å²) in [5, 5.41) is 8.32. The maximum atomic E-state index is 13.8. The van der Waals surface area contributed by atoms with Gasteiger partial charge in [-0.3, -0.25) is 38.6 Å². The van der Waals surface area contributed by atoms with Crippen molar-refractivity contribution in [1.29, 1.82) is 0 Å². The molecule has 4 amide bonds. The number of hydrogen-bond donors (Lipinski definition) is 5. The number of carbonyl (C=O) groups excluding carboxylic acids is 4. The first-order chi connectivity index (χ1) is 32.4. The number of nitrogens with one attached hydrogen (secondary N) is 3. The number of ether oxygens (including phenoxy) is 5. The Balaban J connectivity index is 0.847. The summed E-state index contributed by atoms with van der Waals surface area (Å²) >= 11 is 0. The summed E-state index contributed by atoms with van der Waals surface area (Å²) in [5.41, 5.74) is 11.7. The highest BCUT2D eigenvalue weighted by molar-refractivity contribution is 6.07. The molecule has 1 unspecified atom stereocenters. The first-order valence-electron chi connectivity index (χ1n) is 20.8. The Bertz CT molecular complexity index is 2680. The molecule has 7 rings (SSSR count). The molecule has 0 bridgehead atoms. The maximum Gasteiger partial charge on any atom is 0.387 e. The fraction of sp³-hybridized carbons (Fsp3) is 0.326. The standard InChI is InChI=1S/C43H45F2N11O11/c44-41(45)67-32-7-5-25(38(58)53-37-30(54-12-9-34(46)50-42(54)61)22-48-23-31(37)55-13-10-35(47)51-43(55)62)21-33(32)66-20-19-65-18-17-64-16-15-63-14-2-11-49-28-4-1-3-26-27(28)24-56(40(26)60)29-6-8-36(57)52-39(29)59/h1,3-5,7,9-10,12-13,21-23,29,41,49H,2,6,8,11,14-20,24H2,(H2,46,50,61)(H2,47,51,62)(H,48,53,58)(H,52,57,59). The average Bonchev–Trinajstić information content (AvgIpc) is 3.63. The Hall–Kier alpha value is -7.83. The third-order valence-corrected chi connectivity index (χ3v) is 10.3. The molecule has 1 saturated heterocycles. The van der Waals surface area contributed by atoms with E-state index >= 15 is 0 Å². The molecule has 0 spiro atoms. The summed E-state index contributed by atoms with van der Waals surface area (Å²) in [4.78, 5) is 89.6. The lowest BCUT2D eigenvalue weighted by atomic mass is 10.0. The third kappa shape index (κ3) is 11.7. The van der Waals surface area contributed by atoms with E-state index in [1.807, 2.05) is 6.07 Å². The van der Waals surface area contributed by atoms with Crippen LogP contribution in [-0.4, -0.2) is 118 Å². The summed E-state index contributed by atoms with van der Waals surface area (Å²) in [6, 6.07) is 10.9. The Labute approximate surface area is 379 Å². The highest BCUT2D eigenvalue weighted by Crippen LogP contribution is 2.34. The number of nitrogen functional groups attached to an aromatic ring is 2. The third-order valence-electron chi connectivity index (χ3n) is 10.3. The number of carbonyl (C=O) groups is 4. The summed E-state index contributed by atoms with van der Waals surface area (Å²) in [6.45, 7) is -1.00. The van der Waals surface area contributed by atoms with Gasteiger partial charge in [-0.2, -0.15) is 18.7 Å². The SMILES string of the molecule is Nc1ccn(-c2cncc(-n3ccc(N)nc3=O)c2NC(=O)c2ccc(OC(F)F)c(OCCOCCOCCOCCCNc3cccc4c3CN(C3CCC(=O)NC3=O)C4=O)c2)c(=O)n1. The highest BCUT2D eigenvalue weighted by atomic mass is 19.3. The summed E-state index contributed by atoms with van der Waals surface area (Å²) < 4.78 is 55.8. The predicted molar refractivity (Wildman–Crippen MR) is 234 cm³/mol. The number of pyridine rings is 1. The molecule has 3 aromatic heterocycles. The molecule has 2 aromatic carbocycles. The minimum absolute atomic E-state index is 0.00410. The minimum atomic E-state index is -3.21. The number of benzene rings is 2. The minimum Gasteiger partial charge on any atom is -0.487 e. The van der Waals surface area contributed by atoms with Gasteiger partial charge in [0.1, 0.15) is 24.3 Å². The van der Waals surface area contributed by atoms with Crippen LogP contribution in [0.5, 0.6) is 11.5 Å². The van der Waals surface area contributed by atoms with E-state index in [-0.39, 0.29) is 103 Å².